The number of carbonyl (C=O) groups excluding carboxylic acids is 1. The number of hydrogen-bond acceptors (Lipinski definition) is 5. The van der Waals surface area contributed by atoms with Gasteiger partial charge in [-0.15, -0.1) is 5.06 Å². The minimum Gasteiger partial charge on any atom is -0.351 e. The summed E-state index contributed by atoms with van der Waals surface area (Å²) in [6.07, 6.45) is 4.04. The largest absolute Gasteiger partial charge is 0.430 e. The van der Waals surface area contributed by atoms with Crippen LogP contribution in [0.25, 0.3) is 5.70 Å². The van der Waals surface area contributed by atoms with Crippen LogP contribution in [-0.4, -0.2) is 29.8 Å². The van der Waals surface area contributed by atoms with Crippen LogP contribution in [0.1, 0.15) is 30.9 Å². The van der Waals surface area contributed by atoms with Crippen LogP contribution in [0.2, 0.25) is 0 Å². The highest BCUT2D eigenvalue weighted by Crippen LogP contribution is 2.34. The molecule has 6 nitrogen and oxygen atoms in total. The smallest absolute Gasteiger partial charge is 0.351 e. The van der Waals surface area contributed by atoms with E-state index in [1.54, 1.807) is 5.06 Å². The standard InChI is InChI=1S/C22H25N3O3/c1-2-17-8-6-7-11-19(17)23-21(26)27-25-14-12-22(13-15-25)16-20(24-28-22)18-9-4-3-5-10-18/h3-11,16,24H,2,12-15H2,1H3,(H,23,26). The molecular formula is C22H25N3O3. The first-order chi connectivity index (χ1) is 13.7. The SMILES string of the molecule is CCc1ccccc1NC(=O)ON1CCC2(C=C(c3ccccc3)NO2)CC1. The predicted molar refractivity (Wildman–Crippen MR) is 108 cm³/mol. The van der Waals surface area contributed by atoms with Gasteiger partial charge in [-0.3, -0.25) is 15.6 Å². The third kappa shape index (κ3) is 4.03. The van der Waals surface area contributed by atoms with Gasteiger partial charge in [-0.05, 0) is 42.5 Å². The lowest BCUT2D eigenvalue weighted by atomic mass is 9.91. The van der Waals surface area contributed by atoms with Crippen molar-refractivity contribution < 1.29 is 14.5 Å². The average Bonchev–Trinajstić information content (AvgIpc) is 3.15. The highest BCUT2D eigenvalue weighted by molar-refractivity contribution is 5.85. The number of piperidine rings is 1. The van der Waals surface area contributed by atoms with Gasteiger partial charge in [-0.2, -0.15) is 0 Å². The first-order valence-corrected chi connectivity index (χ1v) is 9.71. The van der Waals surface area contributed by atoms with Crippen molar-refractivity contribution in [3.8, 4) is 0 Å². The second-order valence-corrected chi connectivity index (χ2v) is 7.14. The lowest BCUT2D eigenvalue weighted by Gasteiger charge is -2.35. The molecule has 2 heterocycles. The number of anilines is 1. The Balaban J connectivity index is 1.32. The van der Waals surface area contributed by atoms with E-state index in [-0.39, 0.29) is 5.60 Å². The molecule has 2 aliphatic heterocycles. The zero-order chi connectivity index (χ0) is 19.4. The van der Waals surface area contributed by atoms with Gasteiger partial charge in [0.15, 0.2) is 0 Å². The Morgan fingerprint density at radius 3 is 2.61 bits per heavy atom. The molecule has 2 aromatic carbocycles. The zero-order valence-electron chi connectivity index (χ0n) is 16.0. The number of amides is 1. The number of para-hydroxylation sites is 1. The lowest BCUT2D eigenvalue weighted by Crippen LogP contribution is -2.45. The topological polar surface area (TPSA) is 62.8 Å². The van der Waals surface area contributed by atoms with Gasteiger partial charge >= 0.3 is 6.09 Å². The maximum Gasteiger partial charge on any atom is 0.430 e. The third-order valence-electron chi connectivity index (χ3n) is 5.27. The van der Waals surface area contributed by atoms with Crippen LogP contribution in [0.4, 0.5) is 10.5 Å². The Hall–Kier alpha value is -2.83. The second-order valence-electron chi connectivity index (χ2n) is 7.14. The summed E-state index contributed by atoms with van der Waals surface area (Å²) in [4.78, 5) is 23.7. The number of hydrogen-bond donors (Lipinski definition) is 2. The van der Waals surface area contributed by atoms with Gasteiger partial charge in [-0.25, -0.2) is 4.79 Å². The molecule has 2 aromatic rings. The third-order valence-corrected chi connectivity index (χ3v) is 5.27. The summed E-state index contributed by atoms with van der Waals surface area (Å²) in [5.74, 6) is 0. The fraction of sp³-hybridized carbons (Fsp3) is 0.318. The fourth-order valence-electron chi connectivity index (χ4n) is 3.64. The molecule has 4 rings (SSSR count). The Bertz CT molecular complexity index is 858. The van der Waals surface area contributed by atoms with Crippen LogP contribution >= 0.6 is 0 Å². The molecule has 28 heavy (non-hydrogen) atoms. The Labute approximate surface area is 165 Å². The summed E-state index contributed by atoms with van der Waals surface area (Å²) in [7, 11) is 0. The quantitative estimate of drug-likeness (QED) is 0.837. The van der Waals surface area contributed by atoms with E-state index in [4.69, 9.17) is 9.68 Å². The van der Waals surface area contributed by atoms with Crippen molar-refractivity contribution in [1.29, 1.82) is 0 Å². The van der Waals surface area contributed by atoms with E-state index in [9.17, 15) is 4.79 Å². The summed E-state index contributed by atoms with van der Waals surface area (Å²) in [6.45, 7) is 3.29. The normalized spacial score (nSPS) is 18.4. The molecule has 0 bridgehead atoms. The number of benzene rings is 2. The molecule has 0 aromatic heterocycles. The lowest BCUT2D eigenvalue weighted by molar-refractivity contribution is -0.153. The van der Waals surface area contributed by atoms with Gasteiger partial charge in [-0.1, -0.05) is 55.5 Å². The van der Waals surface area contributed by atoms with Crippen LogP contribution in [0.15, 0.2) is 60.7 Å². The predicted octanol–water partition coefficient (Wildman–Crippen LogP) is 4.12. The minimum absolute atomic E-state index is 0.351. The van der Waals surface area contributed by atoms with Gasteiger partial charge in [0.1, 0.15) is 5.60 Å². The van der Waals surface area contributed by atoms with E-state index in [0.29, 0.717) is 13.1 Å². The van der Waals surface area contributed by atoms with E-state index in [2.05, 4.69) is 35.9 Å². The number of carbonyl (C=O) groups is 1. The monoisotopic (exact) mass is 379 g/mol. The van der Waals surface area contributed by atoms with E-state index >= 15 is 0 Å². The Morgan fingerprint density at radius 1 is 1.14 bits per heavy atom. The average molecular weight is 379 g/mol. The zero-order valence-corrected chi connectivity index (χ0v) is 16.0. The van der Waals surface area contributed by atoms with Gasteiger partial charge in [0.05, 0.1) is 5.70 Å². The maximum absolute atomic E-state index is 12.3. The molecule has 2 N–H and O–H groups in total. The van der Waals surface area contributed by atoms with Crippen LogP contribution < -0.4 is 10.8 Å². The van der Waals surface area contributed by atoms with Crippen molar-refractivity contribution in [3.05, 3.63) is 71.8 Å². The molecule has 146 valence electrons. The summed E-state index contributed by atoms with van der Waals surface area (Å²) < 4.78 is 0. The van der Waals surface area contributed by atoms with E-state index < -0.39 is 6.09 Å². The van der Waals surface area contributed by atoms with Crippen molar-refractivity contribution in [2.45, 2.75) is 31.8 Å². The van der Waals surface area contributed by atoms with Gasteiger partial charge in [0.25, 0.3) is 0 Å². The molecule has 0 unspecified atom stereocenters. The molecule has 1 spiro atoms. The molecule has 0 saturated carbocycles. The minimum atomic E-state index is -0.456. The highest BCUT2D eigenvalue weighted by Gasteiger charge is 2.39. The Kier molecular flexibility index (Phi) is 5.32. The van der Waals surface area contributed by atoms with Gasteiger partial charge in [0.2, 0.25) is 0 Å². The fourth-order valence-corrected chi connectivity index (χ4v) is 3.64. The van der Waals surface area contributed by atoms with Crippen LogP contribution in [0, 0.1) is 0 Å². The number of nitrogens with zero attached hydrogens (tertiary/aromatic N) is 1. The first kappa shape index (κ1) is 18.5. The van der Waals surface area contributed by atoms with Crippen molar-refractivity contribution in [3.63, 3.8) is 0 Å². The summed E-state index contributed by atoms with van der Waals surface area (Å²) in [5, 5.41) is 4.54. The molecule has 1 amide bonds. The van der Waals surface area contributed by atoms with Crippen LogP contribution in [0.5, 0.6) is 0 Å². The molecular weight excluding hydrogens is 354 g/mol. The molecule has 2 aliphatic rings. The first-order valence-electron chi connectivity index (χ1n) is 9.71. The molecule has 1 saturated heterocycles. The molecule has 0 aliphatic carbocycles. The number of nitrogens with one attached hydrogen (secondary N) is 2. The molecule has 1 fully saturated rings. The summed E-state index contributed by atoms with van der Waals surface area (Å²) in [6, 6.07) is 17.9. The van der Waals surface area contributed by atoms with Crippen LogP contribution in [-0.2, 0) is 16.1 Å². The molecule has 0 radical (unpaired) electrons. The summed E-state index contributed by atoms with van der Waals surface area (Å²) in [5.41, 5.74) is 6.68. The second kappa shape index (κ2) is 8.04. The molecule has 6 heteroatoms. The van der Waals surface area contributed by atoms with E-state index in [0.717, 1.165) is 41.8 Å². The van der Waals surface area contributed by atoms with Crippen LogP contribution in [0.3, 0.4) is 0 Å². The van der Waals surface area contributed by atoms with E-state index in [1.165, 1.54) is 0 Å². The number of hydroxylamine groups is 3. The van der Waals surface area contributed by atoms with E-state index in [1.807, 2.05) is 42.5 Å². The van der Waals surface area contributed by atoms with Gasteiger partial charge in [0, 0.05) is 18.8 Å². The number of rotatable bonds is 4. The highest BCUT2D eigenvalue weighted by atomic mass is 16.7. The summed E-state index contributed by atoms with van der Waals surface area (Å²) >= 11 is 0. The van der Waals surface area contributed by atoms with Crippen molar-refractivity contribution in [1.82, 2.24) is 10.5 Å². The Morgan fingerprint density at radius 2 is 1.86 bits per heavy atom. The maximum atomic E-state index is 12.3. The van der Waals surface area contributed by atoms with Crippen molar-refractivity contribution in [2.75, 3.05) is 18.4 Å². The van der Waals surface area contributed by atoms with Crippen molar-refractivity contribution >= 4 is 17.5 Å². The van der Waals surface area contributed by atoms with Gasteiger partial charge < -0.3 is 4.84 Å². The molecule has 0 atom stereocenters. The van der Waals surface area contributed by atoms with Crippen molar-refractivity contribution in [2.24, 2.45) is 0 Å². The number of aryl methyl sites for hydroxylation is 1.